The van der Waals surface area contributed by atoms with Crippen molar-refractivity contribution in [3.8, 4) is 11.1 Å². The van der Waals surface area contributed by atoms with Crippen molar-refractivity contribution in [1.29, 1.82) is 0 Å². The minimum Gasteiger partial charge on any atom is -0.339 e. The van der Waals surface area contributed by atoms with Crippen LogP contribution in [-0.2, 0) is 13.1 Å². The average Bonchev–Trinajstić information content (AvgIpc) is 2.82. The zero-order valence-electron chi connectivity index (χ0n) is 19.2. The maximum atomic E-state index is 12.7. The topological polar surface area (TPSA) is 52.7 Å². The van der Waals surface area contributed by atoms with Gasteiger partial charge in [-0.2, -0.15) is 0 Å². The minimum atomic E-state index is -0.146. The molecule has 5 heteroatoms. The summed E-state index contributed by atoms with van der Waals surface area (Å²) >= 11 is 0. The number of carbonyl (C=O) groups is 2. The van der Waals surface area contributed by atoms with Gasteiger partial charge < -0.3 is 15.1 Å². The van der Waals surface area contributed by atoms with E-state index in [1.807, 2.05) is 68.4 Å². The number of carbonyl (C=O) groups excluding carboxylic acids is 2. The highest BCUT2D eigenvalue weighted by atomic mass is 16.2. The second-order valence-electron chi connectivity index (χ2n) is 8.24. The van der Waals surface area contributed by atoms with E-state index in [4.69, 9.17) is 0 Å². The zero-order valence-corrected chi connectivity index (χ0v) is 19.2. The molecular formula is C27H31N3O2. The van der Waals surface area contributed by atoms with E-state index >= 15 is 0 Å². The highest BCUT2D eigenvalue weighted by molar-refractivity contribution is 5.94. The van der Waals surface area contributed by atoms with Crippen LogP contribution in [0.5, 0.6) is 0 Å². The smallest absolute Gasteiger partial charge is 0.317 e. The van der Waals surface area contributed by atoms with E-state index < -0.39 is 0 Å². The van der Waals surface area contributed by atoms with Gasteiger partial charge in [-0.15, -0.1) is 0 Å². The average molecular weight is 430 g/mol. The van der Waals surface area contributed by atoms with E-state index in [-0.39, 0.29) is 18.0 Å². The summed E-state index contributed by atoms with van der Waals surface area (Å²) in [6, 6.07) is 25.7. The first-order valence-electron chi connectivity index (χ1n) is 10.8. The fourth-order valence-electron chi connectivity index (χ4n) is 3.40. The summed E-state index contributed by atoms with van der Waals surface area (Å²) in [7, 11) is 3.59. The Balaban J connectivity index is 1.59. The Morgan fingerprint density at radius 3 is 2.12 bits per heavy atom. The van der Waals surface area contributed by atoms with Gasteiger partial charge in [-0.05, 0) is 48.2 Å². The molecule has 3 rings (SSSR count). The lowest BCUT2D eigenvalue weighted by Gasteiger charge is -2.21. The van der Waals surface area contributed by atoms with Crippen LogP contribution < -0.4 is 5.32 Å². The predicted octanol–water partition coefficient (Wildman–Crippen LogP) is 5.18. The number of nitrogens with one attached hydrogen (secondary N) is 1. The summed E-state index contributed by atoms with van der Waals surface area (Å²) < 4.78 is 0. The van der Waals surface area contributed by atoms with Crippen molar-refractivity contribution in [3.63, 3.8) is 0 Å². The molecule has 166 valence electrons. The van der Waals surface area contributed by atoms with Crippen LogP contribution in [0.2, 0.25) is 0 Å². The first-order chi connectivity index (χ1) is 15.4. The van der Waals surface area contributed by atoms with Gasteiger partial charge in [0, 0.05) is 38.8 Å². The van der Waals surface area contributed by atoms with Crippen LogP contribution in [-0.4, -0.2) is 41.9 Å². The van der Waals surface area contributed by atoms with E-state index in [1.54, 1.807) is 23.9 Å². The van der Waals surface area contributed by atoms with Gasteiger partial charge in [-0.25, -0.2) is 4.79 Å². The molecular weight excluding hydrogens is 398 g/mol. The highest BCUT2D eigenvalue weighted by Crippen LogP contribution is 2.24. The molecule has 0 bridgehead atoms. The summed E-state index contributed by atoms with van der Waals surface area (Å²) in [6.07, 6.45) is 0. The van der Waals surface area contributed by atoms with Crippen LogP contribution in [0.25, 0.3) is 11.1 Å². The number of hydrogen-bond acceptors (Lipinski definition) is 2. The van der Waals surface area contributed by atoms with Gasteiger partial charge in [0.05, 0.1) is 0 Å². The highest BCUT2D eigenvalue weighted by Gasteiger charge is 2.15. The quantitative estimate of drug-likeness (QED) is 0.563. The number of rotatable bonds is 7. The fraction of sp³-hybridized carbons (Fsp3) is 0.259. The van der Waals surface area contributed by atoms with Gasteiger partial charge in [0.15, 0.2) is 0 Å². The molecule has 1 N–H and O–H groups in total. The molecule has 0 aromatic heterocycles. The van der Waals surface area contributed by atoms with E-state index in [0.29, 0.717) is 18.7 Å². The number of nitrogens with zero attached hydrogens (tertiary/aromatic N) is 2. The molecule has 0 spiro atoms. The fourth-order valence-corrected chi connectivity index (χ4v) is 3.40. The summed E-state index contributed by atoms with van der Waals surface area (Å²) in [6.45, 7) is 4.87. The van der Waals surface area contributed by atoms with Gasteiger partial charge in [0.25, 0.3) is 5.91 Å². The minimum absolute atomic E-state index is 0.00704. The Kier molecular flexibility index (Phi) is 7.66. The van der Waals surface area contributed by atoms with E-state index in [1.165, 1.54) is 0 Å². The lowest BCUT2D eigenvalue weighted by atomic mass is 9.99. The Morgan fingerprint density at radius 1 is 0.844 bits per heavy atom. The van der Waals surface area contributed by atoms with Crippen LogP contribution in [0.3, 0.4) is 0 Å². The molecule has 0 saturated carbocycles. The number of urea groups is 1. The Labute approximate surface area is 190 Å². The Morgan fingerprint density at radius 2 is 1.47 bits per heavy atom. The normalized spacial score (nSPS) is 10.7. The van der Waals surface area contributed by atoms with Crippen LogP contribution >= 0.6 is 0 Å². The van der Waals surface area contributed by atoms with Gasteiger partial charge in [-0.1, -0.05) is 66.7 Å². The van der Waals surface area contributed by atoms with E-state index in [0.717, 1.165) is 22.3 Å². The van der Waals surface area contributed by atoms with Crippen molar-refractivity contribution in [2.75, 3.05) is 14.1 Å². The molecule has 0 atom stereocenters. The molecule has 0 fully saturated rings. The van der Waals surface area contributed by atoms with Gasteiger partial charge >= 0.3 is 6.03 Å². The first kappa shape index (κ1) is 23.1. The van der Waals surface area contributed by atoms with Crippen molar-refractivity contribution >= 4 is 11.9 Å². The monoisotopic (exact) mass is 429 g/mol. The van der Waals surface area contributed by atoms with Crippen LogP contribution in [0.4, 0.5) is 4.79 Å². The van der Waals surface area contributed by atoms with Crippen LogP contribution in [0, 0.1) is 0 Å². The first-order valence-corrected chi connectivity index (χ1v) is 10.8. The summed E-state index contributed by atoms with van der Waals surface area (Å²) in [5.74, 6) is -0.00704. The Hall–Kier alpha value is -3.60. The molecule has 32 heavy (non-hydrogen) atoms. The third kappa shape index (κ3) is 5.76. The molecule has 0 heterocycles. The standard InChI is InChI=1S/C27H31N3O2/c1-20(2)30(4)26(31)23-16-14-21(15-17-23)18-28-27(32)29(3)19-24-12-8-9-13-25(24)22-10-6-5-7-11-22/h5-17,20H,18-19H2,1-4H3,(H,28,32). The number of amides is 3. The molecule has 0 saturated heterocycles. The van der Waals surface area contributed by atoms with Crippen molar-refractivity contribution in [2.24, 2.45) is 0 Å². The molecule has 5 nitrogen and oxygen atoms in total. The largest absolute Gasteiger partial charge is 0.339 e. The molecule has 3 aromatic carbocycles. The van der Waals surface area contributed by atoms with Gasteiger partial charge in [0.1, 0.15) is 0 Å². The maximum absolute atomic E-state index is 12.7. The van der Waals surface area contributed by atoms with Crippen molar-refractivity contribution < 1.29 is 9.59 Å². The van der Waals surface area contributed by atoms with Crippen molar-refractivity contribution in [2.45, 2.75) is 33.0 Å². The second kappa shape index (κ2) is 10.6. The number of hydrogen-bond donors (Lipinski definition) is 1. The molecule has 0 aliphatic heterocycles. The lowest BCUT2D eigenvalue weighted by Crippen LogP contribution is -2.36. The Bertz CT molecular complexity index is 1050. The van der Waals surface area contributed by atoms with Crippen LogP contribution in [0.1, 0.15) is 35.3 Å². The van der Waals surface area contributed by atoms with Crippen molar-refractivity contribution in [3.05, 3.63) is 95.6 Å². The molecule has 3 amide bonds. The summed E-state index contributed by atoms with van der Waals surface area (Å²) in [5.41, 5.74) is 4.94. The summed E-state index contributed by atoms with van der Waals surface area (Å²) in [5, 5.41) is 2.96. The van der Waals surface area contributed by atoms with Gasteiger partial charge in [0.2, 0.25) is 0 Å². The summed E-state index contributed by atoms with van der Waals surface area (Å²) in [4.78, 5) is 28.5. The second-order valence-corrected chi connectivity index (χ2v) is 8.24. The molecule has 0 unspecified atom stereocenters. The van der Waals surface area contributed by atoms with Gasteiger partial charge in [-0.3, -0.25) is 4.79 Å². The number of benzene rings is 3. The van der Waals surface area contributed by atoms with Crippen molar-refractivity contribution in [1.82, 2.24) is 15.1 Å². The SMILES string of the molecule is CC(C)N(C)C(=O)c1ccc(CNC(=O)N(C)Cc2ccccc2-c2ccccc2)cc1. The lowest BCUT2D eigenvalue weighted by molar-refractivity contribution is 0.0755. The third-order valence-electron chi connectivity index (χ3n) is 5.60. The molecule has 0 aliphatic rings. The molecule has 3 aromatic rings. The zero-order chi connectivity index (χ0) is 23.1. The molecule has 0 aliphatic carbocycles. The third-order valence-corrected chi connectivity index (χ3v) is 5.60. The molecule has 0 radical (unpaired) electrons. The van der Waals surface area contributed by atoms with Crippen LogP contribution in [0.15, 0.2) is 78.9 Å². The maximum Gasteiger partial charge on any atom is 0.317 e. The van der Waals surface area contributed by atoms with E-state index in [9.17, 15) is 9.59 Å². The predicted molar refractivity (Wildman–Crippen MR) is 129 cm³/mol. The van der Waals surface area contributed by atoms with E-state index in [2.05, 4.69) is 29.6 Å².